The van der Waals surface area contributed by atoms with Gasteiger partial charge in [-0.3, -0.25) is 4.90 Å². The lowest BCUT2D eigenvalue weighted by Gasteiger charge is -2.38. The molecular weight excluding hydrogens is 442 g/mol. The van der Waals surface area contributed by atoms with Gasteiger partial charge in [-0.15, -0.1) is 0 Å². The molecule has 2 aliphatic heterocycles. The second kappa shape index (κ2) is 10.6. The molecule has 2 aliphatic rings. The minimum absolute atomic E-state index is 0.124. The number of benzene rings is 2. The maximum absolute atomic E-state index is 12.7. The number of carbonyl (C=O) groups is 1. The third-order valence-corrected chi connectivity index (χ3v) is 6.98. The summed E-state index contributed by atoms with van der Waals surface area (Å²) in [6.45, 7) is 10.7. The van der Waals surface area contributed by atoms with E-state index in [0.717, 1.165) is 48.6 Å². The van der Waals surface area contributed by atoms with Crippen LogP contribution >= 0.6 is 0 Å². The second-order valence-electron chi connectivity index (χ2n) is 9.43. The molecule has 2 aromatic rings. The van der Waals surface area contributed by atoms with Crippen molar-refractivity contribution in [1.82, 2.24) is 15.2 Å². The lowest BCUT2D eigenvalue weighted by molar-refractivity contribution is 0.184. The van der Waals surface area contributed by atoms with Crippen LogP contribution in [-0.2, 0) is 6.42 Å². The summed E-state index contributed by atoms with van der Waals surface area (Å²) >= 11 is 0. The van der Waals surface area contributed by atoms with Crippen molar-refractivity contribution in [2.45, 2.75) is 39.3 Å². The van der Waals surface area contributed by atoms with Crippen LogP contribution in [0, 0.1) is 0 Å². The summed E-state index contributed by atoms with van der Waals surface area (Å²) in [4.78, 5) is 17.6. The number of nitrogens with one attached hydrogen (secondary N) is 1. The van der Waals surface area contributed by atoms with Gasteiger partial charge in [0.25, 0.3) is 0 Å². The molecule has 8 heteroatoms. The summed E-state index contributed by atoms with van der Waals surface area (Å²) in [7, 11) is 4.89. The summed E-state index contributed by atoms with van der Waals surface area (Å²) in [5, 5.41) is 9.12. The lowest BCUT2D eigenvalue weighted by Crippen LogP contribution is -2.48. The van der Waals surface area contributed by atoms with Gasteiger partial charge < -0.3 is 19.7 Å². The van der Waals surface area contributed by atoms with Crippen molar-refractivity contribution >= 4 is 17.4 Å². The molecule has 4 rings (SSSR count). The van der Waals surface area contributed by atoms with Crippen LogP contribution in [0.15, 0.2) is 41.5 Å². The number of hydrazone groups is 1. The first-order valence-electron chi connectivity index (χ1n) is 12.3. The Bertz CT molecular complexity index is 1070. The number of ether oxygens (including phenoxy) is 2. The van der Waals surface area contributed by atoms with Crippen LogP contribution in [0.3, 0.4) is 0 Å². The molecule has 2 amide bonds. The fourth-order valence-electron chi connectivity index (χ4n) is 4.88. The number of anilines is 1. The van der Waals surface area contributed by atoms with E-state index in [1.807, 2.05) is 19.1 Å². The zero-order chi connectivity index (χ0) is 25.1. The number of hydrogen-bond donors (Lipinski definition) is 1. The van der Waals surface area contributed by atoms with E-state index in [9.17, 15) is 4.79 Å². The highest BCUT2D eigenvalue weighted by molar-refractivity contribution is 6.14. The van der Waals surface area contributed by atoms with E-state index >= 15 is 0 Å². The summed E-state index contributed by atoms with van der Waals surface area (Å²) < 4.78 is 11.1. The summed E-state index contributed by atoms with van der Waals surface area (Å²) in [6, 6.07) is 12.7. The average molecular weight is 480 g/mol. The Morgan fingerprint density at radius 1 is 1.03 bits per heavy atom. The first kappa shape index (κ1) is 24.9. The maximum atomic E-state index is 12.7. The third kappa shape index (κ3) is 5.07. The minimum Gasteiger partial charge on any atom is -0.493 e. The third-order valence-electron chi connectivity index (χ3n) is 6.98. The van der Waals surface area contributed by atoms with Crippen molar-refractivity contribution in [3.05, 3.63) is 53.1 Å². The number of nitrogens with zero attached hydrogens (tertiary/aromatic N) is 4. The molecule has 35 heavy (non-hydrogen) atoms. The first-order chi connectivity index (χ1) is 16.9. The predicted molar refractivity (Wildman–Crippen MR) is 140 cm³/mol. The smallest absolute Gasteiger partial charge is 0.337 e. The van der Waals surface area contributed by atoms with Crippen molar-refractivity contribution in [2.24, 2.45) is 5.10 Å². The van der Waals surface area contributed by atoms with Crippen LogP contribution in [-0.4, -0.2) is 81.2 Å². The van der Waals surface area contributed by atoms with E-state index in [1.54, 1.807) is 21.3 Å². The molecule has 188 valence electrons. The van der Waals surface area contributed by atoms with Gasteiger partial charge in [0.1, 0.15) is 0 Å². The molecule has 0 bridgehead atoms. The topological polar surface area (TPSA) is 69.6 Å². The zero-order valence-electron chi connectivity index (χ0n) is 21.7. The molecular formula is C27H37N5O3. The standard InChI is InChI=1S/C27H37N5O3/c1-18(2)30-11-13-31(14-12-30)22-9-7-20(8-10-22)26-23-17-25(35-6)24(34-5)16-21(23)15-19(3)32(29-26)27(33)28-4/h7-10,16-19H,11-15H2,1-6H3,(H,28,33). The van der Waals surface area contributed by atoms with Gasteiger partial charge in [0.15, 0.2) is 11.5 Å². The highest BCUT2D eigenvalue weighted by Gasteiger charge is 2.28. The van der Waals surface area contributed by atoms with Crippen LogP contribution in [0.1, 0.15) is 37.5 Å². The Morgan fingerprint density at radius 2 is 1.66 bits per heavy atom. The van der Waals surface area contributed by atoms with E-state index in [0.29, 0.717) is 24.0 Å². The SMILES string of the molecule is CNC(=O)N1N=C(c2ccc(N3CCN(C(C)C)CC3)cc2)c2cc(OC)c(OC)cc2CC1C. The Balaban J connectivity index is 1.71. The number of piperazine rings is 1. The molecule has 2 aromatic carbocycles. The predicted octanol–water partition coefficient (Wildman–Crippen LogP) is 3.57. The van der Waals surface area contributed by atoms with E-state index < -0.39 is 0 Å². The van der Waals surface area contributed by atoms with Gasteiger partial charge in [-0.1, -0.05) is 12.1 Å². The molecule has 1 unspecified atom stereocenters. The van der Waals surface area contributed by atoms with Crippen LogP contribution < -0.4 is 19.7 Å². The van der Waals surface area contributed by atoms with E-state index in [4.69, 9.17) is 14.6 Å². The molecule has 1 N–H and O–H groups in total. The van der Waals surface area contributed by atoms with Crippen LogP contribution in [0.2, 0.25) is 0 Å². The van der Waals surface area contributed by atoms with Gasteiger partial charge in [0.2, 0.25) is 0 Å². The van der Waals surface area contributed by atoms with Crippen molar-refractivity contribution < 1.29 is 14.3 Å². The fraction of sp³-hybridized carbons (Fsp3) is 0.481. The number of rotatable bonds is 5. The van der Waals surface area contributed by atoms with E-state index in [2.05, 4.69) is 53.2 Å². The minimum atomic E-state index is -0.235. The van der Waals surface area contributed by atoms with Crippen molar-refractivity contribution in [3.8, 4) is 11.5 Å². The average Bonchev–Trinajstić information content (AvgIpc) is 3.03. The lowest BCUT2D eigenvalue weighted by atomic mass is 9.94. The Hall–Kier alpha value is -3.26. The molecule has 0 radical (unpaired) electrons. The van der Waals surface area contributed by atoms with Gasteiger partial charge in [0, 0.05) is 56.1 Å². The number of amides is 2. The quantitative estimate of drug-likeness (QED) is 0.710. The Kier molecular flexibility index (Phi) is 7.50. The molecule has 1 saturated heterocycles. The Morgan fingerprint density at radius 3 is 2.23 bits per heavy atom. The molecule has 8 nitrogen and oxygen atoms in total. The normalized spacial score (nSPS) is 18.6. The van der Waals surface area contributed by atoms with Crippen molar-refractivity contribution in [1.29, 1.82) is 0 Å². The number of carbonyl (C=O) groups excluding carboxylic acids is 1. The maximum Gasteiger partial charge on any atom is 0.337 e. The Labute approximate surface area is 208 Å². The number of urea groups is 1. The van der Waals surface area contributed by atoms with Crippen molar-refractivity contribution in [2.75, 3.05) is 52.3 Å². The molecule has 1 fully saturated rings. The molecule has 0 spiro atoms. The first-order valence-corrected chi connectivity index (χ1v) is 12.3. The monoisotopic (exact) mass is 479 g/mol. The van der Waals surface area contributed by atoms with E-state index in [1.165, 1.54) is 10.7 Å². The summed E-state index contributed by atoms with van der Waals surface area (Å²) in [5.41, 5.74) is 4.90. The zero-order valence-corrected chi connectivity index (χ0v) is 21.7. The largest absolute Gasteiger partial charge is 0.493 e. The van der Waals surface area contributed by atoms with Gasteiger partial charge >= 0.3 is 6.03 Å². The fourth-order valence-corrected chi connectivity index (χ4v) is 4.88. The molecule has 2 heterocycles. The second-order valence-corrected chi connectivity index (χ2v) is 9.43. The number of fused-ring (bicyclic) bond motifs is 1. The summed E-state index contributed by atoms with van der Waals surface area (Å²) in [6.07, 6.45) is 0.647. The highest BCUT2D eigenvalue weighted by atomic mass is 16.5. The highest BCUT2D eigenvalue weighted by Crippen LogP contribution is 2.35. The van der Waals surface area contributed by atoms with Crippen LogP contribution in [0.5, 0.6) is 11.5 Å². The molecule has 0 aromatic heterocycles. The summed E-state index contributed by atoms with van der Waals surface area (Å²) in [5.74, 6) is 1.31. The molecule has 1 atom stereocenters. The van der Waals surface area contributed by atoms with Crippen molar-refractivity contribution in [3.63, 3.8) is 0 Å². The van der Waals surface area contributed by atoms with Gasteiger partial charge in [-0.2, -0.15) is 5.10 Å². The van der Waals surface area contributed by atoms with E-state index in [-0.39, 0.29) is 12.1 Å². The van der Waals surface area contributed by atoms with Gasteiger partial charge in [0.05, 0.1) is 26.0 Å². The number of methoxy groups -OCH3 is 2. The molecule has 0 aliphatic carbocycles. The van der Waals surface area contributed by atoms with Gasteiger partial charge in [-0.25, -0.2) is 9.80 Å². The van der Waals surface area contributed by atoms with Gasteiger partial charge in [-0.05, 0) is 57.0 Å². The van der Waals surface area contributed by atoms with Crippen LogP contribution in [0.4, 0.5) is 10.5 Å². The number of hydrogen-bond acceptors (Lipinski definition) is 6. The van der Waals surface area contributed by atoms with Crippen LogP contribution in [0.25, 0.3) is 0 Å². The molecule has 0 saturated carbocycles.